The Bertz CT molecular complexity index is 1440. The molecule has 0 spiro atoms. The summed E-state index contributed by atoms with van der Waals surface area (Å²) in [6.45, 7) is 5.22. The fourth-order valence-corrected chi connectivity index (χ4v) is 5.24. The zero-order valence-corrected chi connectivity index (χ0v) is 24.7. The highest BCUT2D eigenvalue weighted by Gasteiger charge is 2.33. The van der Waals surface area contributed by atoms with E-state index in [0.29, 0.717) is 6.42 Å². The van der Waals surface area contributed by atoms with E-state index in [-0.39, 0.29) is 35.6 Å². The SMILES string of the molecule is CC[C@@H](C)NC(=O)[C@@H](Cc1ccccc1)N(Cc1ccccc1C)C(=O)CN(c1ccc(F)c(Cl)c1)S(C)(=O)=O. The topological polar surface area (TPSA) is 86.8 Å². The van der Waals surface area contributed by atoms with E-state index in [1.165, 1.54) is 11.0 Å². The van der Waals surface area contributed by atoms with Crippen molar-refractivity contribution < 1.29 is 22.4 Å². The molecule has 3 rings (SSSR count). The van der Waals surface area contributed by atoms with Crippen LogP contribution >= 0.6 is 11.6 Å². The van der Waals surface area contributed by atoms with Crippen LogP contribution in [0, 0.1) is 12.7 Å². The number of sulfonamides is 1. The van der Waals surface area contributed by atoms with Crippen LogP contribution in [-0.4, -0.2) is 50.0 Å². The molecule has 40 heavy (non-hydrogen) atoms. The zero-order valence-electron chi connectivity index (χ0n) is 23.1. The van der Waals surface area contributed by atoms with Gasteiger partial charge >= 0.3 is 0 Å². The molecule has 2 atom stereocenters. The fraction of sp³-hybridized carbons (Fsp3) is 0.333. The molecular formula is C30H35ClFN3O4S. The van der Waals surface area contributed by atoms with Crippen molar-refractivity contribution in [1.82, 2.24) is 10.2 Å². The molecule has 0 bridgehead atoms. The molecule has 1 N–H and O–H groups in total. The van der Waals surface area contributed by atoms with Crippen molar-refractivity contribution in [2.45, 2.75) is 52.2 Å². The monoisotopic (exact) mass is 587 g/mol. The van der Waals surface area contributed by atoms with Gasteiger partial charge in [-0.05, 0) is 55.2 Å². The van der Waals surface area contributed by atoms with E-state index in [9.17, 15) is 22.4 Å². The first-order valence-electron chi connectivity index (χ1n) is 13.0. The minimum Gasteiger partial charge on any atom is -0.352 e. The molecule has 0 saturated heterocycles. The summed E-state index contributed by atoms with van der Waals surface area (Å²) in [6, 6.07) is 19.2. The Kier molecular flexibility index (Phi) is 10.7. The maximum Gasteiger partial charge on any atom is 0.244 e. The van der Waals surface area contributed by atoms with Gasteiger partial charge in [0.25, 0.3) is 0 Å². The van der Waals surface area contributed by atoms with Crippen molar-refractivity contribution in [2.24, 2.45) is 0 Å². The number of nitrogens with one attached hydrogen (secondary N) is 1. The van der Waals surface area contributed by atoms with Gasteiger partial charge in [-0.1, -0.05) is 73.1 Å². The van der Waals surface area contributed by atoms with E-state index in [1.807, 2.05) is 75.4 Å². The molecule has 0 unspecified atom stereocenters. The number of anilines is 1. The lowest BCUT2D eigenvalue weighted by molar-refractivity contribution is -0.140. The molecule has 0 saturated carbocycles. The normalized spacial score (nSPS) is 12.8. The number of rotatable bonds is 12. The number of benzene rings is 3. The molecule has 0 aliphatic heterocycles. The second kappa shape index (κ2) is 13.8. The molecule has 2 amide bonds. The number of amides is 2. The Morgan fingerprint density at radius 1 is 1.02 bits per heavy atom. The number of halogens is 2. The maximum absolute atomic E-state index is 14.1. The van der Waals surface area contributed by atoms with Crippen molar-refractivity contribution in [1.29, 1.82) is 0 Å². The smallest absolute Gasteiger partial charge is 0.244 e. The summed E-state index contributed by atoms with van der Waals surface area (Å²) >= 11 is 5.93. The number of aryl methyl sites for hydroxylation is 1. The Morgan fingerprint density at radius 3 is 2.27 bits per heavy atom. The standard InChI is InChI=1S/C30H35ClFN3O4S/c1-5-22(3)33-30(37)28(17-23-12-7-6-8-13-23)34(19-24-14-10-9-11-21(24)2)29(36)20-35(40(4,38)39)25-15-16-27(32)26(31)18-25/h6-16,18,22,28H,5,17,19-20H2,1-4H3,(H,33,37)/t22-,28-/m1/s1. The number of carbonyl (C=O) groups excluding carboxylic acids is 2. The molecule has 0 aliphatic carbocycles. The van der Waals surface area contributed by atoms with Gasteiger partial charge in [-0.3, -0.25) is 13.9 Å². The van der Waals surface area contributed by atoms with Crippen LogP contribution in [-0.2, 0) is 32.6 Å². The van der Waals surface area contributed by atoms with E-state index in [2.05, 4.69) is 5.32 Å². The number of hydrogen-bond donors (Lipinski definition) is 1. The molecule has 0 aliphatic rings. The van der Waals surface area contributed by atoms with Crippen molar-refractivity contribution in [3.63, 3.8) is 0 Å². The first kappa shape index (κ1) is 31.1. The second-order valence-electron chi connectivity index (χ2n) is 9.84. The predicted octanol–water partition coefficient (Wildman–Crippen LogP) is 5.11. The summed E-state index contributed by atoms with van der Waals surface area (Å²) in [6.07, 6.45) is 1.88. The van der Waals surface area contributed by atoms with E-state index >= 15 is 0 Å². The lowest BCUT2D eigenvalue weighted by atomic mass is 10.0. The minimum absolute atomic E-state index is 0.0433. The minimum atomic E-state index is -3.98. The average Bonchev–Trinajstić information content (AvgIpc) is 2.91. The number of hydrogen-bond acceptors (Lipinski definition) is 4. The van der Waals surface area contributed by atoms with Crippen LogP contribution in [0.4, 0.5) is 10.1 Å². The van der Waals surface area contributed by atoms with E-state index in [4.69, 9.17) is 11.6 Å². The Labute approximate surface area is 241 Å². The third-order valence-electron chi connectivity index (χ3n) is 6.74. The predicted molar refractivity (Wildman–Crippen MR) is 157 cm³/mol. The lowest BCUT2D eigenvalue weighted by Gasteiger charge is -2.34. The van der Waals surface area contributed by atoms with Crippen LogP contribution in [0.1, 0.15) is 37.0 Å². The van der Waals surface area contributed by atoms with Gasteiger partial charge in [-0.25, -0.2) is 12.8 Å². The number of carbonyl (C=O) groups is 2. The Hall–Kier alpha value is -3.43. The van der Waals surface area contributed by atoms with Crippen LogP contribution < -0.4 is 9.62 Å². The summed E-state index contributed by atoms with van der Waals surface area (Å²) < 4.78 is 40.4. The van der Waals surface area contributed by atoms with Crippen molar-refractivity contribution in [3.8, 4) is 0 Å². The van der Waals surface area contributed by atoms with E-state index in [1.54, 1.807) is 0 Å². The van der Waals surface area contributed by atoms with Gasteiger partial charge in [-0.2, -0.15) is 0 Å². The lowest BCUT2D eigenvalue weighted by Crippen LogP contribution is -2.54. The van der Waals surface area contributed by atoms with Crippen LogP contribution in [0.5, 0.6) is 0 Å². The van der Waals surface area contributed by atoms with Gasteiger partial charge in [0.15, 0.2) is 0 Å². The molecule has 3 aromatic rings. The maximum atomic E-state index is 14.1. The highest BCUT2D eigenvalue weighted by atomic mass is 35.5. The van der Waals surface area contributed by atoms with Crippen molar-refractivity contribution >= 4 is 39.1 Å². The quantitative estimate of drug-likeness (QED) is 0.319. The van der Waals surface area contributed by atoms with Gasteiger partial charge in [0.05, 0.1) is 17.0 Å². The first-order valence-corrected chi connectivity index (χ1v) is 15.2. The summed E-state index contributed by atoms with van der Waals surface area (Å²) in [5.74, 6) is -1.64. The van der Waals surface area contributed by atoms with Gasteiger partial charge in [0, 0.05) is 19.0 Å². The molecule has 0 aromatic heterocycles. The first-order chi connectivity index (χ1) is 18.9. The zero-order chi connectivity index (χ0) is 29.4. The summed E-state index contributed by atoms with van der Waals surface area (Å²) in [7, 11) is -3.98. The van der Waals surface area contributed by atoms with Gasteiger partial charge in [0.1, 0.15) is 18.4 Å². The van der Waals surface area contributed by atoms with Gasteiger partial charge in [0.2, 0.25) is 21.8 Å². The van der Waals surface area contributed by atoms with Crippen LogP contribution in [0.15, 0.2) is 72.8 Å². The summed E-state index contributed by atoms with van der Waals surface area (Å²) in [5.41, 5.74) is 2.63. The molecule has 0 fully saturated rings. The summed E-state index contributed by atoms with van der Waals surface area (Å²) in [5, 5.41) is 2.72. The van der Waals surface area contributed by atoms with Crippen molar-refractivity contribution in [2.75, 3.05) is 17.1 Å². The fourth-order valence-electron chi connectivity index (χ4n) is 4.22. The van der Waals surface area contributed by atoms with E-state index in [0.717, 1.165) is 39.4 Å². The molecule has 0 heterocycles. The van der Waals surface area contributed by atoms with Crippen LogP contribution in [0.3, 0.4) is 0 Å². The molecule has 0 radical (unpaired) electrons. The molecule has 10 heteroatoms. The highest BCUT2D eigenvalue weighted by molar-refractivity contribution is 7.92. The number of nitrogens with zero attached hydrogens (tertiary/aromatic N) is 2. The summed E-state index contributed by atoms with van der Waals surface area (Å²) in [4.78, 5) is 29.2. The molecule has 214 valence electrons. The largest absolute Gasteiger partial charge is 0.352 e. The third kappa shape index (κ3) is 8.29. The second-order valence-corrected chi connectivity index (χ2v) is 12.2. The average molecular weight is 588 g/mol. The molecule has 3 aromatic carbocycles. The molecular weight excluding hydrogens is 553 g/mol. The van der Waals surface area contributed by atoms with Gasteiger partial charge in [-0.15, -0.1) is 0 Å². The van der Waals surface area contributed by atoms with Crippen LogP contribution in [0.25, 0.3) is 0 Å². The molecule has 7 nitrogen and oxygen atoms in total. The van der Waals surface area contributed by atoms with Crippen LogP contribution in [0.2, 0.25) is 5.02 Å². The Balaban J connectivity index is 2.08. The van der Waals surface area contributed by atoms with E-state index < -0.39 is 34.3 Å². The van der Waals surface area contributed by atoms with Crippen molar-refractivity contribution in [3.05, 3.63) is 100 Å². The highest BCUT2D eigenvalue weighted by Crippen LogP contribution is 2.25. The Morgan fingerprint density at radius 2 is 1.68 bits per heavy atom. The van der Waals surface area contributed by atoms with Gasteiger partial charge < -0.3 is 10.2 Å². The third-order valence-corrected chi connectivity index (χ3v) is 8.17.